The molecule has 0 radical (unpaired) electrons. The van der Waals surface area contributed by atoms with Gasteiger partial charge in [-0.3, -0.25) is 0 Å². The van der Waals surface area contributed by atoms with Crippen molar-refractivity contribution in [2.45, 2.75) is 0 Å². The minimum atomic E-state index is 0.734. The Morgan fingerprint density at radius 3 is 1.50 bits per heavy atom. The molecule has 1 aliphatic rings. The Morgan fingerprint density at radius 1 is 0.750 bits per heavy atom. The summed E-state index contributed by atoms with van der Waals surface area (Å²) in [5.74, 6) is 1.47. The molecule has 0 saturated carbocycles. The van der Waals surface area contributed by atoms with E-state index in [1.54, 1.807) is 14.2 Å². The third-order valence-electron chi connectivity index (χ3n) is 1.51. The molecule has 0 N–H and O–H groups in total. The quantitative estimate of drug-likeness (QED) is 0.622. The van der Waals surface area contributed by atoms with Gasteiger partial charge in [0, 0.05) is 0 Å². The van der Waals surface area contributed by atoms with Crippen LogP contribution < -0.4 is 0 Å². The Balaban J connectivity index is 2.95. The smallest absolute Gasteiger partial charge is 0.160 e. The van der Waals surface area contributed by atoms with Crippen LogP contribution >= 0.6 is 0 Å². The molecule has 2 heteroatoms. The number of rotatable bonds is 2. The van der Waals surface area contributed by atoms with Gasteiger partial charge < -0.3 is 9.47 Å². The largest absolute Gasteiger partial charge is 0.493 e. The van der Waals surface area contributed by atoms with E-state index in [1.807, 2.05) is 36.5 Å². The van der Waals surface area contributed by atoms with Gasteiger partial charge in [0.15, 0.2) is 11.5 Å². The van der Waals surface area contributed by atoms with Crippen LogP contribution in [0.3, 0.4) is 0 Å². The van der Waals surface area contributed by atoms with Gasteiger partial charge in [-0.25, -0.2) is 0 Å². The second-order valence-corrected chi connectivity index (χ2v) is 2.24. The highest BCUT2D eigenvalue weighted by Gasteiger charge is 2.00. The van der Waals surface area contributed by atoms with Crippen molar-refractivity contribution in [3.05, 3.63) is 48.0 Å². The molecule has 0 aliphatic heterocycles. The summed E-state index contributed by atoms with van der Waals surface area (Å²) in [6.07, 6.45) is 11.4. The van der Waals surface area contributed by atoms with E-state index in [4.69, 9.17) is 9.47 Å². The van der Waals surface area contributed by atoms with Crippen LogP contribution in [0.4, 0.5) is 0 Å². The lowest BCUT2D eigenvalue weighted by Gasteiger charge is -2.06. The van der Waals surface area contributed by atoms with Crippen LogP contribution in [0.25, 0.3) is 0 Å². The number of hydrogen-bond acceptors (Lipinski definition) is 2. The van der Waals surface area contributed by atoms with Crippen LogP contribution in [0.15, 0.2) is 48.0 Å². The molecule has 0 heterocycles. The maximum Gasteiger partial charge on any atom is 0.160 e. The second kappa shape index (κ2) is 4.44. The second-order valence-electron chi connectivity index (χ2n) is 2.24. The van der Waals surface area contributed by atoms with E-state index >= 15 is 0 Å². The first-order valence-electron chi connectivity index (χ1n) is 3.72. The maximum absolute atomic E-state index is 5.11. The molecule has 1 aliphatic carbocycles. The first kappa shape index (κ1) is 8.65. The zero-order chi connectivity index (χ0) is 8.81. The third kappa shape index (κ3) is 2.02. The van der Waals surface area contributed by atoms with Crippen molar-refractivity contribution in [2.24, 2.45) is 0 Å². The van der Waals surface area contributed by atoms with Gasteiger partial charge >= 0.3 is 0 Å². The molecule has 0 aromatic carbocycles. The van der Waals surface area contributed by atoms with E-state index in [0.29, 0.717) is 0 Å². The predicted octanol–water partition coefficient (Wildman–Crippen LogP) is 2.17. The Morgan fingerprint density at radius 2 is 1.17 bits per heavy atom. The average molecular weight is 164 g/mol. The first-order chi connectivity index (χ1) is 5.88. The van der Waals surface area contributed by atoms with Crippen molar-refractivity contribution in [1.82, 2.24) is 0 Å². The highest BCUT2D eigenvalue weighted by molar-refractivity contribution is 5.31. The summed E-state index contributed by atoms with van der Waals surface area (Å²) in [6.45, 7) is 0. The number of methoxy groups -OCH3 is 2. The lowest BCUT2D eigenvalue weighted by Crippen LogP contribution is -1.92. The van der Waals surface area contributed by atoms with Crippen LogP contribution in [-0.4, -0.2) is 14.2 Å². The fourth-order valence-electron chi connectivity index (χ4n) is 0.916. The third-order valence-corrected chi connectivity index (χ3v) is 1.51. The SMILES string of the molecule is COC1=C(OC)/C=C\C=C/C=C1. The van der Waals surface area contributed by atoms with Crippen LogP contribution in [0.1, 0.15) is 0 Å². The van der Waals surface area contributed by atoms with Crippen LogP contribution in [0.2, 0.25) is 0 Å². The van der Waals surface area contributed by atoms with Crippen molar-refractivity contribution in [3.63, 3.8) is 0 Å². The van der Waals surface area contributed by atoms with E-state index in [0.717, 1.165) is 11.5 Å². The number of ether oxygens (including phenoxy) is 2. The van der Waals surface area contributed by atoms with Gasteiger partial charge in [-0.1, -0.05) is 24.3 Å². The monoisotopic (exact) mass is 164 g/mol. The molecule has 1 rings (SSSR count). The molecule has 0 aromatic rings. The van der Waals surface area contributed by atoms with Gasteiger partial charge in [0.2, 0.25) is 0 Å². The van der Waals surface area contributed by atoms with Gasteiger partial charge in [0.25, 0.3) is 0 Å². The standard InChI is InChI=1S/C10H12O2/c1-11-9-7-5-3-4-6-8-10(9)12-2/h3-8H,1-2H3/b4-3-,5-3?,6-4?,7-5-,8-6?,9-7?,10-8?,10-9?. The van der Waals surface area contributed by atoms with Crippen molar-refractivity contribution in [3.8, 4) is 0 Å². The van der Waals surface area contributed by atoms with Crippen molar-refractivity contribution < 1.29 is 9.47 Å². The predicted molar refractivity (Wildman–Crippen MR) is 48.5 cm³/mol. The fourth-order valence-corrected chi connectivity index (χ4v) is 0.916. The molecular weight excluding hydrogens is 152 g/mol. The molecule has 0 spiro atoms. The molecule has 0 unspecified atom stereocenters. The molecule has 0 aromatic heterocycles. The van der Waals surface area contributed by atoms with Crippen LogP contribution in [0, 0.1) is 0 Å². The normalized spacial score (nSPS) is 21.2. The summed E-state index contributed by atoms with van der Waals surface area (Å²) in [5.41, 5.74) is 0. The average Bonchev–Trinajstić information content (AvgIpc) is 2.05. The van der Waals surface area contributed by atoms with Gasteiger partial charge in [-0.2, -0.15) is 0 Å². The summed E-state index contributed by atoms with van der Waals surface area (Å²) >= 11 is 0. The highest BCUT2D eigenvalue weighted by Crippen LogP contribution is 2.11. The summed E-state index contributed by atoms with van der Waals surface area (Å²) in [4.78, 5) is 0. The van der Waals surface area contributed by atoms with E-state index in [-0.39, 0.29) is 0 Å². The van der Waals surface area contributed by atoms with Crippen LogP contribution in [0.5, 0.6) is 0 Å². The Kier molecular flexibility index (Phi) is 3.20. The van der Waals surface area contributed by atoms with Gasteiger partial charge in [-0.15, -0.1) is 0 Å². The zero-order valence-electron chi connectivity index (χ0n) is 7.28. The topological polar surface area (TPSA) is 18.5 Å². The Labute approximate surface area is 72.5 Å². The molecule has 0 fully saturated rings. The molecule has 64 valence electrons. The molecular formula is C10H12O2. The lowest BCUT2D eigenvalue weighted by atomic mass is 10.2. The molecule has 0 amide bonds. The maximum atomic E-state index is 5.11. The molecule has 0 bridgehead atoms. The molecule has 0 atom stereocenters. The zero-order valence-corrected chi connectivity index (χ0v) is 7.28. The summed E-state index contributed by atoms with van der Waals surface area (Å²) in [7, 11) is 3.25. The number of allylic oxidation sites excluding steroid dienone is 6. The van der Waals surface area contributed by atoms with Gasteiger partial charge in [0.05, 0.1) is 14.2 Å². The van der Waals surface area contributed by atoms with Crippen LogP contribution in [-0.2, 0) is 9.47 Å². The number of hydrogen-bond donors (Lipinski definition) is 0. The van der Waals surface area contributed by atoms with E-state index < -0.39 is 0 Å². The lowest BCUT2D eigenvalue weighted by molar-refractivity contribution is 0.241. The minimum absolute atomic E-state index is 0.734. The minimum Gasteiger partial charge on any atom is -0.493 e. The fraction of sp³-hybridized carbons (Fsp3) is 0.200. The van der Waals surface area contributed by atoms with E-state index in [1.165, 1.54) is 0 Å². The van der Waals surface area contributed by atoms with Gasteiger partial charge in [-0.05, 0) is 12.2 Å². The highest BCUT2D eigenvalue weighted by atomic mass is 16.5. The van der Waals surface area contributed by atoms with Gasteiger partial charge in [0.1, 0.15) is 0 Å². The Bertz CT molecular complexity index is 231. The summed E-state index contributed by atoms with van der Waals surface area (Å²) in [6, 6.07) is 0. The van der Waals surface area contributed by atoms with Crippen molar-refractivity contribution >= 4 is 0 Å². The van der Waals surface area contributed by atoms with Crippen molar-refractivity contribution in [1.29, 1.82) is 0 Å². The van der Waals surface area contributed by atoms with E-state index in [2.05, 4.69) is 0 Å². The molecule has 0 saturated heterocycles. The first-order valence-corrected chi connectivity index (χ1v) is 3.72. The Hall–Kier alpha value is -1.44. The molecule has 12 heavy (non-hydrogen) atoms. The summed E-state index contributed by atoms with van der Waals surface area (Å²) < 4.78 is 10.2. The van der Waals surface area contributed by atoms with E-state index in [9.17, 15) is 0 Å². The summed E-state index contributed by atoms with van der Waals surface area (Å²) in [5, 5.41) is 0. The van der Waals surface area contributed by atoms with Crippen molar-refractivity contribution in [2.75, 3.05) is 14.2 Å². The molecule has 2 nitrogen and oxygen atoms in total.